The van der Waals surface area contributed by atoms with Crippen LogP contribution in [0.5, 0.6) is 5.75 Å². The lowest BCUT2D eigenvalue weighted by Gasteiger charge is -2.12. The van der Waals surface area contributed by atoms with Crippen LogP contribution in [0.4, 0.5) is 4.39 Å². The fraction of sp³-hybridized carbons (Fsp3) is 0.400. The van der Waals surface area contributed by atoms with Crippen LogP contribution in [0.2, 0.25) is 5.02 Å². The molecule has 0 spiro atoms. The molecular formula is C10H11ClFNO. The number of benzene rings is 1. The highest BCUT2D eigenvalue weighted by molar-refractivity contribution is 6.30. The van der Waals surface area contributed by atoms with Gasteiger partial charge in [0.2, 0.25) is 0 Å². The van der Waals surface area contributed by atoms with E-state index in [-0.39, 0.29) is 11.9 Å². The fourth-order valence-corrected chi connectivity index (χ4v) is 1.64. The zero-order valence-corrected chi connectivity index (χ0v) is 8.35. The fourth-order valence-electron chi connectivity index (χ4n) is 1.48. The van der Waals surface area contributed by atoms with Gasteiger partial charge in [-0.25, -0.2) is 4.39 Å². The van der Waals surface area contributed by atoms with E-state index in [0.717, 1.165) is 19.5 Å². The average Bonchev–Trinajstić information content (AvgIpc) is 2.62. The number of hydrogen-bond acceptors (Lipinski definition) is 2. The summed E-state index contributed by atoms with van der Waals surface area (Å²) in [6.45, 7) is 1.71. The van der Waals surface area contributed by atoms with Crippen LogP contribution in [0.15, 0.2) is 18.2 Å². The van der Waals surface area contributed by atoms with Crippen LogP contribution in [-0.2, 0) is 0 Å². The van der Waals surface area contributed by atoms with Gasteiger partial charge in [0, 0.05) is 11.6 Å². The van der Waals surface area contributed by atoms with Crippen molar-refractivity contribution in [3.63, 3.8) is 0 Å². The highest BCUT2D eigenvalue weighted by atomic mass is 35.5. The molecule has 4 heteroatoms. The molecule has 0 amide bonds. The van der Waals surface area contributed by atoms with Gasteiger partial charge in [-0.3, -0.25) is 0 Å². The minimum absolute atomic E-state index is 0.0747. The second kappa shape index (κ2) is 4.15. The second-order valence-electron chi connectivity index (χ2n) is 3.31. The van der Waals surface area contributed by atoms with Crippen molar-refractivity contribution >= 4 is 11.6 Å². The normalized spacial score (nSPS) is 21.1. The lowest BCUT2D eigenvalue weighted by Crippen LogP contribution is -2.20. The van der Waals surface area contributed by atoms with E-state index in [4.69, 9.17) is 16.3 Å². The molecule has 0 unspecified atom stereocenters. The van der Waals surface area contributed by atoms with E-state index in [1.54, 1.807) is 12.1 Å². The number of ether oxygens (including phenoxy) is 1. The molecule has 0 bridgehead atoms. The smallest absolute Gasteiger partial charge is 0.166 e. The molecule has 1 heterocycles. The third-order valence-electron chi connectivity index (χ3n) is 2.20. The number of nitrogens with one attached hydrogen (secondary N) is 1. The molecule has 0 aromatic heterocycles. The Kier molecular flexibility index (Phi) is 2.89. The summed E-state index contributed by atoms with van der Waals surface area (Å²) in [5.41, 5.74) is 0. The summed E-state index contributed by atoms with van der Waals surface area (Å²) >= 11 is 5.63. The molecule has 14 heavy (non-hydrogen) atoms. The average molecular weight is 216 g/mol. The van der Waals surface area contributed by atoms with E-state index in [1.807, 2.05) is 0 Å². The number of rotatable bonds is 2. The van der Waals surface area contributed by atoms with Crippen molar-refractivity contribution in [2.75, 3.05) is 13.1 Å². The highest BCUT2D eigenvalue weighted by Gasteiger charge is 2.17. The summed E-state index contributed by atoms with van der Waals surface area (Å²) in [6.07, 6.45) is 0.993. The standard InChI is InChI=1S/C10H11ClFNO/c11-7-1-2-10(9(12)5-7)14-8-3-4-13-6-8/h1-2,5,8,13H,3-4,6H2/t8-/m0/s1. The minimum Gasteiger partial charge on any atom is -0.486 e. The lowest BCUT2D eigenvalue weighted by molar-refractivity contribution is 0.213. The first-order valence-corrected chi connectivity index (χ1v) is 4.96. The van der Waals surface area contributed by atoms with Gasteiger partial charge in [0.1, 0.15) is 6.10 Å². The third-order valence-corrected chi connectivity index (χ3v) is 2.44. The molecule has 1 fully saturated rings. The summed E-state index contributed by atoms with van der Waals surface area (Å²) < 4.78 is 18.7. The van der Waals surface area contributed by atoms with Crippen molar-refractivity contribution in [1.82, 2.24) is 5.32 Å². The van der Waals surface area contributed by atoms with Crippen LogP contribution in [0, 0.1) is 5.82 Å². The van der Waals surface area contributed by atoms with E-state index in [2.05, 4.69) is 5.32 Å². The van der Waals surface area contributed by atoms with Gasteiger partial charge in [-0.05, 0) is 31.2 Å². The molecule has 1 aromatic rings. The van der Waals surface area contributed by atoms with E-state index in [1.165, 1.54) is 6.07 Å². The molecular weight excluding hydrogens is 205 g/mol. The first kappa shape index (κ1) is 9.74. The second-order valence-corrected chi connectivity index (χ2v) is 3.74. The van der Waals surface area contributed by atoms with Crippen molar-refractivity contribution in [3.8, 4) is 5.75 Å². The van der Waals surface area contributed by atoms with E-state index in [9.17, 15) is 4.39 Å². The molecule has 2 rings (SSSR count). The zero-order chi connectivity index (χ0) is 9.97. The van der Waals surface area contributed by atoms with Crippen molar-refractivity contribution in [3.05, 3.63) is 29.0 Å². The Hall–Kier alpha value is -0.800. The summed E-state index contributed by atoms with van der Waals surface area (Å²) in [4.78, 5) is 0. The van der Waals surface area contributed by atoms with E-state index >= 15 is 0 Å². The topological polar surface area (TPSA) is 21.3 Å². The largest absolute Gasteiger partial charge is 0.486 e. The molecule has 76 valence electrons. The van der Waals surface area contributed by atoms with Gasteiger partial charge in [-0.1, -0.05) is 11.6 Å². The molecule has 0 aliphatic carbocycles. The van der Waals surface area contributed by atoms with Gasteiger partial charge in [0.25, 0.3) is 0 Å². The SMILES string of the molecule is Fc1cc(Cl)ccc1O[C@H]1CCNC1. The summed E-state index contributed by atoms with van der Waals surface area (Å²) in [7, 11) is 0. The van der Waals surface area contributed by atoms with Crippen molar-refractivity contribution in [1.29, 1.82) is 0 Å². The van der Waals surface area contributed by atoms with Crippen LogP contribution in [-0.4, -0.2) is 19.2 Å². The van der Waals surface area contributed by atoms with Crippen molar-refractivity contribution in [2.45, 2.75) is 12.5 Å². The van der Waals surface area contributed by atoms with Gasteiger partial charge >= 0.3 is 0 Å². The van der Waals surface area contributed by atoms with Crippen molar-refractivity contribution < 1.29 is 9.13 Å². The Morgan fingerprint density at radius 2 is 2.36 bits per heavy atom. The van der Waals surface area contributed by atoms with Crippen molar-refractivity contribution in [2.24, 2.45) is 0 Å². The molecule has 1 saturated heterocycles. The Morgan fingerprint density at radius 3 is 3.00 bits per heavy atom. The van der Waals surface area contributed by atoms with Gasteiger partial charge in [-0.15, -0.1) is 0 Å². The zero-order valence-electron chi connectivity index (χ0n) is 7.59. The van der Waals surface area contributed by atoms with Crippen LogP contribution in [0.25, 0.3) is 0 Å². The van der Waals surface area contributed by atoms with Gasteiger partial charge in [-0.2, -0.15) is 0 Å². The summed E-state index contributed by atoms with van der Waals surface area (Å²) in [5, 5.41) is 3.54. The number of halogens is 2. The predicted octanol–water partition coefficient (Wildman–Crippen LogP) is 2.22. The quantitative estimate of drug-likeness (QED) is 0.817. The molecule has 1 aliphatic rings. The van der Waals surface area contributed by atoms with E-state index < -0.39 is 5.82 Å². The predicted molar refractivity (Wildman–Crippen MR) is 53.3 cm³/mol. The molecule has 0 radical (unpaired) electrons. The Balaban J connectivity index is 2.08. The minimum atomic E-state index is -0.399. The third kappa shape index (κ3) is 2.16. The molecule has 1 aliphatic heterocycles. The van der Waals surface area contributed by atoms with Crippen LogP contribution in [0.3, 0.4) is 0 Å². The van der Waals surface area contributed by atoms with Gasteiger partial charge in [0.15, 0.2) is 11.6 Å². The lowest BCUT2D eigenvalue weighted by atomic mass is 10.3. The Morgan fingerprint density at radius 1 is 1.50 bits per heavy atom. The van der Waals surface area contributed by atoms with E-state index in [0.29, 0.717) is 5.02 Å². The van der Waals surface area contributed by atoms with Gasteiger partial charge in [0.05, 0.1) is 0 Å². The maximum absolute atomic E-state index is 13.3. The highest BCUT2D eigenvalue weighted by Crippen LogP contribution is 2.22. The first-order valence-electron chi connectivity index (χ1n) is 4.58. The monoisotopic (exact) mass is 215 g/mol. The number of hydrogen-bond donors (Lipinski definition) is 1. The maximum Gasteiger partial charge on any atom is 0.166 e. The van der Waals surface area contributed by atoms with Gasteiger partial charge < -0.3 is 10.1 Å². The summed E-state index contributed by atoms with van der Waals surface area (Å²) in [5.74, 6) is -0.118. The molecule has 1 atom stereocenters. The Bertz CT molecular complexity index is 326. The Labute approximate surface area is 87.0 Å². The van der Waals surface area contributed by atoms with Crippen LogP contribution >= 0.6 is 11.6 Å². The molecule has 1 N–H and O–H groups in total. The maximum atomic E-state index is 13.3. The van der Waals surface area contributed by atoms with Crippen LogP contribution < -0.4 is 10.1 Å². The van der Waals surface area contributed by atoms with Crippen LogP contribution in [0.1, 0.15) is 6.42 Å². The first-order chi connectivity index (χ1) is 6.75. The molecule has 0 saturated carbocycles. The molecule has 2 nitrogen and oxygen atoms in total. The summed E-state index contributed by atoms with van der Waals surface area (Å²) in [6, 6.07) is 4.46. The molecule has 1 aromatic carbocycles.